The zero-order valence-electron chi connectivity index (χ0n) is 13.0. The van der Waals surface area contributed by atoms with Crippen LogP contribution < -0.4 is 15.4 Å². The van der Waals surface area contributed by atoms with Crippen LogP contribution in [0.5, 0.6) is 0 Å². The van der Waals surface area contributed by atoms with Crippen LogP contribution in [0.3, 0.4) is 0 Å². The van der Waals surface area contributed by atoms with E-state index in [0.717, 1.165) is 18.2 Å². The smallest absolute Gasteiger partial charge is 0.353 e. The first-order valence-electron chi connectivity index (χ1n) is 6.67. The maximum atomic E-state index is 12.6. The van der Waals surface area contributed by atoms with E-state index >= 15 is 0 Å². The lowest BCUT2D eigenvalue weighted by atomic mass is 10.2. The lowest BCUT2D eigenvalue weighted by Crippen LogP contribution is -2.42. The Kier molecular flexibility index (Phi) is 8.69. The normalized spacial score (nSPS) is 13.0. The molecule has 0 saturated heterocycles. The average molecular weight is 390 g/mol. The fourth-order valence-electron chi connectivity index (χ4n) is 1.51. The van der Waals surface area contributed by atoms with E-state index in [1.807, 2.05) is 11.6 Å². The molecule has 0 saturated carbocycles. The van der Waals surface area contributed by atoms with Gasteiger partial charge in [-0.25, -0.2) is 13.1 Å². The van der Waals surface area contributed by atoms with Gasteiger partial charge in [-0.2, -0.15) is 13.2 Å². The Morgan fingerprint density at radius 2 is 1.92 bits per heavy atom. The number of amides is 1. The van der Waals surface area contributed by atoms with Gasteiger partial charge in [0.1, 0.15) is 0 Å². The SMILES string of the molecule is CNC(C)CNC(=O)CNS(=O)(=O)c1cccc(C(F)(F)F)c1.Cl. The molecular weight excluding hydrogens is 371 g/mol. The van der Waals surface area contributed by atoms with E-state index in [1.165, 1.54) is 0 Å². The molecule has 1 aromatic rings. The topological polar surface area (TPSA) is 87.3 Å². The number of carbonyl (C=O) groups is 1. The van der Waals surface area contributed by atoms with Crippen molar-refractivity contribution in [1.82, 2.24) is 15.4 Å². The number of hydrogen-bond acceptors (Lipinski definition) is 4. The van der Waals surface area contributed by atoms with Crippen molar-refractivity contribution >= 4 is 28.3 Å². The third kappa shape index (κ3) is 7.04. The maximum absolute atomic E-state index is 12.6. The lowest BCUT2D eigenvalue weighted by molar-refractivity contribution is -0.137. The minimum absolute atomic E-state index is 0. The monoisotopic (exact) mass is 389 g/mol. The van der Waals surface area contributed by atoms with Gasteiger partial charge in [-0.05, 0) is 32.2 Å². The predicted octanol–water partition coefficient (Wildman–Crippen LogP) is 1.13. The molecular formula is C13H19ClF3N3O3S. The molecule has 3 N–H and O–H groups in total. The zero-order chi connectivity index (χ0) is 17.7. The highest BCUT2D eigenvalue weighted by Gasteiger charge is 2.31. The van der Waals surface area contributed by atoms with Crippen LogP contribution in [-0.2, 0) is 21.0 Å². The number of alkyl halides is 3. The number of benzene rings is 1. The van der Waals surface area contributed by atoms with Crippen molar-refractivity contribution in [2.75, 3.05) is 20.1 Å². The summed E-state index contributed by atoms with van der Waals surface area (Å²) in [6, 6.07) is 3.30. The first kappa shape index (κ1) is 22.6. The Morgan fingerprint density at radius 3 is 2.46 bits per heavy atom. The van der Waals surface area contributed by atoms with Gasteiger partial charge in [0.25, 0.3) is 0 Å². The van der Waals surface area contributed by atoms with E-state index in [-0.39, 0.29) is 18.4 Å². The van der Waals surface area contributed by atoms with Crippen LogP contribution in [0.1, 0.15) is 12.5 Å². The Morgan fingerprint density at radius 1 is 1.29 bits per heavy atom. The molecule has 0 bridgehead atoms. The lowest BCUT2D eigenvalue weighted by Gasteiger charge is -2.12. The number of halogens is 4. The van der Waals surface area contributed by atoms with Crippen molar-refractivity contribution in [2.45, 2.75) is 24.0 Å². The van der Waals surface area contributed by atoms with Crippen LogP contribution in [0.2, 0.25) is 0 Å². The highest BCUT2D eigenvalue weighted by molar-refractivity contribution is 7.89. The van der Waals surface area contributed by atoms with Gasteiger partial charge in [0.05, 0.1) is 17.0 Å². The van der Waals surface area contributed by atoms with Gasteiger partial charge in [-0.15, -0.1) is 12.4 Å². The number of likely N-dealkylation sites (N-methyl/N-ethyl adjacent to an activating group) is 1. The number of hydrogen-bond donors (Lipinski definition) is 3. The quantitative estimate of drug-likeness (QED) is 0.652. The standard InChI is InChI=1S/C13H18F3N3O3S.ClH/c1-9(17-2)7-18-12(20)8-19-23(21,22)11-5-3-4-10(6-11)13(14,15)16;/h3-6,9,17,19H,7-8H2,1-2H3,(H,18,20);1H. The van der Waals surface area contributed by atoms with Crippen molar-refractivity contribution in [2.24, 2.45) is 0 Å². The summed E-state index contributed by atoms with van der Waals surface area (Å²) in [5.41, 5.74) is -1.08. The molecule has 1 unspecified atom stereocenters. The minimum Gasteiger partial charge on any atom is -0.353 e. The molecule has 0 radical (unpaired) electrons. The van der Waals surface area contributed by atoms with E-state index in [0.29, 0.717) is 12.6 Å². The summed E-state index contributed by atoms with van der Waals surface area (Å²) >= 11 is 0. The Hall–Kier alpha value is -1.36. The van der Waals surface area contributed by atoms with E-state index in [9.17, 15) is 26.4 Å². The van der Waals surface area contributed by atoms with E-state index in [4.69, 9.17) is 0 Å². The van der Waals surface area contributed by atoms with Crippen molar-refractivity contribution < 1.29 is 26.4 Å². The number of rotatable bonds is 7. The van der Waals surface area contributed by atoms with Crippen LogP contribution >= 0.6 is 12.4 Å². The number of nitrogens with one attached hydrogen (secondary N) is 3. The van der Waals surface area contributed by atoms with Gasteiger partial charge in [-0.3, -0.25) is 4.79 Å². The molecule has 1 rings (SSSR count). The van der Waals surface area contributed by atoms with Crippen LogP contribution in [0, 0.1) is 0 Å². The van der Waals surface area contributed by atoms with Crippen LogP contribution in [0.4, 0.5) is 13.2 Å². The molecule has 1 aromatic carbocycles. The molecule has 11 heteroatoms. The Bertz CT molecular complexity index is 653. The number of sulfonamides is 1. The van der Waals surface area contributed by atoms with Crippen molar-refractivity contribution in [1.29, 1.82) is 0 Å². The average Bonchev–Trinajstić information content (AvgIpc) is 2.50. The van der Waals surface area contributed by atoms with E-state index < -0.39 is 39.1 Å². The molecule has 0 heterocycles. The van der Waals surface area contributed by atoms with Gasteiger partial charge in [-0.1, -0.05) is 6.07 Å². The summed E-state index contributed by atoms with van der Waals surface area (Å²) in [5, 5.41) is 5.36. The van der Waals surface area contributed by atoms with Gasteiger partial charge in [0.2, 0.25) is 15.9 Å². The fraction of sp³-hybridized carbons (Fsp3) is 0.462. The van der Waals surface area contributed by atoms with Gasteiger partial charge in [0, 0.05) is 12.6 Å². The maximum Gasteiger partial charge on any atom is 0.416 e. The third-order valence-electron chi connectivity index (χ3n) is 2.99. The van der Waals surface area contributed by atoms with Crippen LogP contribution in [-0.4, -0.2) is 40.5 Å². The summed E-state index contributed by atoms with van der Waals surface area (Å²) < 4.78 is 63.6. The first-order chi connectivity index (χ1) is 10.6. The highest BCUT2D eigenvalue weighted by Crippen LogP contribution is 2.30. The summed E-state index contributed by atoms with van der Waals surface area (Å²) in [4.78, 5) is 11.0. The molecule has 0 fully saturated rings. The molecule has 1 amide bonds. The molecule has 138 valence electrons. The summed E-state index contributed by atoms with van der Waals surface area (Å²) in [5.74, 6) is -0.581. The van der Waals surface area contributed by atoms with E-state index in [1.54, 1.807) is 7.05 Å². The highest BCUT2D eigenvalue weighted by atomic mass is 35.5. The van der Waals surface area contributed by atoms with Gasteiger partial charge in [0.15, 0.2) is 0 Å². The van der Waals surface area contributed by atoms with Crippen molar-refractivity contribution in [3.05, 3.63) is 29.8 Å². The van der Waals surface area contributed by atoms with Crippen molar-refractivity contribution in [3.63, 3.8) is 0 Å². The molecule has 1 atom stereocenters. The van der Waals surface area contributed by atoms with Crippen LogP contribution in [0.15, 0.2) is 29.2 Å². The predicted molar refractivity (Wildman–Crippen MR) is 85.4 cm³/mol. The molecule has 0 spiro atoms. The van der Waals surface area contributed by atoms with E-state index in [2.05, 4.69) is 10.6 Å². The molecule has 0 aliphatic rings. The molecule has 6 nitrogen and oxygen atoms in total. The fourth-order valence-corrected chi connectivity index (χ4v) is 2.54. The largest absolute Gasteiger partial charge is 0.416 e. The second-order valence-corrected chi connectivity index (χ2v) is 6.61. The second-order valence-electron chi connectivity index (χ2n) is 4.84. The first-order valence-corrected chi connectivity index (χ1v) is 8.15. The molecule has 0 aromatic heterocycles. The summed E-state index contributed by atoms with van der Waals surface area (Å²) in [6.45, 7) is 1.54. The Balaban J connectivity index is 0.00000529. The molecule has 0 aliphatic heterocycles. The van der Waals surface area contributed by atoms with Gasteiger partial charge >= 0.3 is 6.18 Å². The summed E-state index contributed by atoms with van der Waals surface area (Å²) in [7, 11) is -2.51. The second kappa shape index (κ2) is 9.21. The minimum atomic E-state index is -4.65. The van der Waals surface area contributed by atoms with Crippen molar-refractivity contribution in [3.8, 4) is 0 Å². The Labute approximate surface area is 144 Å². The van der Waals surface area contributed by atoms with Gasteiger partial charge < -0.3 is 10.6 Å². The molecule has 24 heavy (non-hydrogen) atoms. The summed E-state index contributed by atoms with van der Waals surface area (Å²) in [6.07, 6.45) is -4.65. The molecule has 0 aliphatic carbocycles. The zero-order valence-corrected chi connectivity index (χ0v) is 14.6. The number of carbonyl (C=O) groups excluding carboxylic acids is 1. The van der Waals surface area contributed by atoms with Crippen LogP contribution in [0.25, 0.3) is 0 Å². The third-order valence-corrected chi connectivity index (χ3v) is 4.39.